The number of benzene rings is 1. The lowest BCUT2D eigenvalue weighted by molar-refractivity contribution is -0.132. The van der Waals surface area contributed by atoms with Gasteiger partial charge in [-0.2, -0.15) is 0 Å². The Morgan fingerprint density at radius 1 is 1.24 bits per heavy atom. The summed E-state index contributed by atoms with van der Waals surface area (Å²) in [5, 5.41) is 2.85. The van der Waals surface area contributed by atoms with Gasteiger partial charge in [0.1, 0.15) is 5.75 Å². The van der Waals surface area contributed by atoms with Crippen LogP contribution in [0.3, 0.4) is 0 Å². The SMILES string of the molecule is CCOc1ccc(C2CCCN2C(=O)CCNC(=O)C(C)(C)C)cc1. The topological polar surface area (TPSA) is 58.6 Å². The van der Waals surface area contributed by atoms with Gasteiger partial charge in [0.25, 0.3) is 0 Å². The summed E-state index contributed by atoms with van der Waals surface area (Å²) in [6.07, 6.45) is 2.33. The Bertz CT molecular complexity index is 590. The lowest BCUT2D eigenvalue weighted by atomic mass is 9.96. The highest BCUT2D eigenvalue weighted by molar-refractivity contribution is 5.82. The first-order chi connectivity index (χ1) is 11.8. The molecule has 1 heterocycles. The Hall–Kier alpha value is -2.04. The molecule has 2 amide bonds. The highest BCUT2D eigenvalue weighted by atomic mass is 16.5. The van der Waals surface area contributed by atoms with Crippen molar-refractivity contribution in [1.82, 2.24) is 10.2 Å². The van der Waals surface area contributed by atoms with E-state index in [0.29, 0.717) is 19.6 Å². The van der Waals surface area contributed by atoms with E-state index in [1.807, 2.05) is 56.9 Å². The first-order valence-electron chi connectivity index (χ1n) is 9.13. The van der Waals surface area contributed by atoms with E-state index in [0.717, 1.165) is 30.7 Å². The third-order valence-electron chi connectivity index (χ3n) is 4.45. The Labute approximate surface area is 150 Å². The van der Waals surface area contributed by atoms with E-state index in [1.165, 1.54) is 0 Å². The molecule has 5 nitrogen and oxygen atoms in total. The van der Waals surface area contributed by atoms with Crippen molar-refractivity contribution in [2.24, 2.45) is 5.41 Å². The third kappa shape index (κ3) is 5.21. The Kier molecular flexibility index (Phi) is 6.45. The molecule has 2 rings (SSSR count). The second-order valence-corrected chi connectivity index (χ2v) is 7.50. The van der Waals surface area contributed by atoms with Gasteiger partial charge in [-0.15, -0.1) is 0 Å². The summed E-state index contributed by atoms with van der Waals surface area (Å²) in [5.74, 6) is 0.933. The number of ether oxygens (including phenoxy) is 1. The zero-order chi connectivity index (χ0) is 18.4. The van der Waals surface area contributed by atoms with Crippen LogP contribution in [-0.2, 0) is 9.59 Å². The standard InChI is InChI=1S/C20H30N2O3/c1-5-25-16-10-8-15(9-11-16)17-7-6-14-22(17)18(23)12-13-21-19(24)20(2,3)4/h8-11,17H,5-7,12-14H2,1-4H3,(H,21,24). The van der Waals surface area contributed by atoms with E-state index >= 15 is 0 Å². The molecule has 1 aromatic carbocycles. The molecule has 1 fully saturated rings. The van der Waals surface area contributed by atoms with Crippen LogP contribution in [0.1, 0.15) is 58.6 Å². The second kappa shape index (κ2) is 8.37. The molecule has 0 bridgehead atoms. The van der Waals surface area contributed by atoms with Crippen LogP contribution in [0, 0.1) is 5.41 Å². The third-order valence-corrected chi connectivity index (χ3v) is 4.45. The van der Waals surface area contributed by atoms with Crippen molar-refractivity contribution in [3.8, 4) is 5.75 Å². The van der Waals surface area contributed by atoms with Gasteiger partial charge < -0.3 is 15.0 Å². The molecular formula is C20H30N2O3. The van der Waals surface area contributed by atoms with Crippen molar-refractivity contribution in [2.75, 3.05) is 19.7 Å². The van der Waals surface area contributed by atoms with Gasteiger partial charge in [-0.05, 0) is 37.5 Å². The van der Waals surface area contributed by atoms with Crippen LogP contribution < -0.4 is 10.1 Å². The first kappa shape index (κ1) is 19.3. The molecule has 0 aliphatic carbocycles. The number of carbonyl (C=O) groups is 2. The predicted octanol–water partition coefficient (Wildman–Crippen LogP) is 3.30. The van der Waals surface area contributed by atoms with Crippen molar-refractivity contribution in [3.05, 3.63) is 29.8 Å². The van der Waals surface area contributed by atoms with E-state index in [4.69, 9.17) is 4.74 Å². The molecule has 1 saturated heterocycles. The quantitative estimate of drug-likeness (QED) is 0.860. The Morgan fingerprint density at radius 3 is 2.52 bits per heavy atom. The predicted molar refractivity (Wildman–Crippen MR) is 98.4 cm³/mol. The van der Waals surface area contributed by atoms with Crippen molar-refractivity contribution < 1.29 is 14.3 Å². The molecular weight excluding hydrogens is 316 g/mol. The monoisotopic (exact) mass is 346 g/mol. The first-order valence-corrected chi connectivity index (χ1v) is 9.13. The molecule has 5 heteroatoms. The number of carbonyl (C=O) groups excluding carboxylic acids is 2. The van der Waals surface area contributed by atoms with Crippen LogP contribution in [0.25, 0.3) is 0 Å². The van der Waals surface area contributed by atoms with E-state index in [2.05, 4.69) is 5.32 Å². The smallest absolute Gasteiger partial charge is 0.225 e. The minimum absolute atomic E-state index is 0.0233. The largest absolute Gasteiger partial charge is 0.494 e. The van der Waals surface area contributed by atoms with E-state index in [9.17, 15) is 9.59 Å². The Balaban J connectivity index is 1.91. The van der Waals surface area contributed by atoms with Gasteiger partial charge in [0, 0.05) is 24.9 Å². The minimum atomic E-state index is -0.429. The van der Waals surface area contributed by atoms with Crippen LogP contribution in [0.2, 0.25) is 0 Å². The van der Waals surface area contributed by atoms with Crippen LogP contribution >= 0.6 is 0 Å². The maximum atomic E-state index is 12.6. The molecule has 0 aromatic heterocycles. The van der Waals surface area contributed by atoms with Gasteiger partial charge >= 0.3 is 0 Å². The maximum absolute atomic E-state index is 12.6. The lowest BCUT2D eigenvalue weighted by Gasteiger charge is -2.26. The molecule has 1 atom stereocenters. The van der Waals surface area contributed by atoms with Crippen molar-refractivity contribution in [2.45, 2.75) is 53.0 Å². The summed E-state index contributed by atoms with van der Waals surface area (Å²) in [7, 11) is 0. The van der Waals surface area contributed by atoms with Crippen LogP contribution in [-0.4, -0.2) is 36.4 Å². The summed E-state index contributed by atoms with van der Waals surface area (Å²) in [4.78, 5) is 26.4. The normalized spacial score (nSPS) is 17.4. The molecule has 0 spiro atoms. The van der Waals surface area contributed by atoms with Gasteiger partial charge in [-0.25, -0.2) is 0 Å². The summed E-state index contributed by atoms with van der Waals surface area (Å²) in [6.45, 7) is 9.38. The fourth-order valence-corrected chi connectivity index (χ4v) is 3.06. The number of rotatable bonds is 6. The Morgan fingerprint density at radius 2 is 1.92 bits per heavy atom. The molecule has 1 unspecified atom stereocenters. The van der Waals surface area contributed by atoms with Gasteiger partial charge in [-0.1, -0.05) is 32.9 Å². The molecule has 138 valence electrons. The molecule has 1 aliphatic rings. The van der Waals surface area contributed by atoms with Gasteiger partial charge in [0.15, 0.2) is 0 Å². The highest BCUT2D eigenvalue weighted by Crippen LogP contribution is 2.33. The fourth-order valence-electron chi connectivity index (χ4n) is 3.06. The number of hydrogen-bond acceptors (Lipinski definition) is 3. The van der Waals surface area contributed by atoms with Crippen molar-refractivity contribution >= 4 is 11.8 Å². The molecule has 1 aliphatic heterocycles. The van der Waals surface area contributed by atoms with Gasteiger partial charge in [0.2, 0.25) is 11.8 Å². The number of likely N-dealkylation sites (tertiary alicyclic amines) is 1. The van der Waals surface area contributed by atoms with E-state index in [-0.39, 0.29) is 17.9 Å². The average Bonchev–Trinajstić information content (AvgIpc) is 3.04. The number of nitrogens with zero attached hydrogens (tertiary/aromatic N) is 1. The molecule has 25 heavy (non-hydrogen) atoms. The van der Waals surface area contributed by atoms with Gasteiger partial charge in [-0.3, -0.25) is 9.59 Å². The number of amides is 2. The molecule has 1 N–H and O–H groups in total. The van der Waals surface area contributed by atoms with Crippen LogP contribution in [0.4, 0.5) is 0 Å². The molecule has 0 radical (unpaired) electrons. The highest BCUT2D eigenvalue weighted by Gasteiger charge is 2.30. The number of hydrogen-bond donors (Lipinski definition) is 1. The van der Waals surface area contributed by atoms with E-state index < -0.39 is 5.41 Å². The van der Waals surface area contributed by atoms with E-state index in [1.54, 1.807) is 0 Å². The summed E-state index contributed by atoms with van der Waals surface area (Å²) in [6, 6.07) is 8.14. The second-order valence-electron chi connectivity index (χ2n) is 7.50. The average molecular weight is 346 g/mol. The fraction of sp³-hybridized carbons (Fsp3) is 0.600. The summed E-state index contributed by atoms with van der Waals surface area (Å²) >= 11 is 0. The number of nitrogens with one attached hydrogen (secondary N) is 1. The summed E-state index contributed by atoms with van der Waals surface area (Å²) < 4.78 is 5.48. The minimum Gasteiger partial charge on any atom is -0.494 e. The van der Waals surface area contributed by atoms with Crippen molar-refractivity contribution in [1.29, 1.82) is 0 Å². The van der Waals surface area contributed by atoms with Gasteiger partial charge in [0.05, 0.1) is 12.6 Å². The molecule has 1 aromatic rings. The molecule has 0 saturated carbocycles. The zero-order valence-corrected chi connectivity index (χ0v) is 15.8. The van der Waals surface area contributed by atoms with Crippen molar-refractivity contribution in [3.63, 3.8) is 0 Å². The maximum Gasteiger partial charge on any atom is 0.225 e. The lowest BCUT2D eigenvalue weighted by Crippen LogP contribution is -2.38. The van der Waals surface area contributed by atoms with Crippen LogP contribution in [0.5, 0.6) is 5.75 Å². The zero-order valence-electron chi connectivity index (χ0n) is 15.8. The summed E-state index contributed by atoms with van der Waals surface area (Å²) in [5.41, 5.74) is 0.717. The van der Waals surface area contributed by atoms with Crippen LogP contribution in [0.15, 0.2) is 24.3 Å².